The normalized spacial score (nSPS) is 11.8. The second-order valence-corrected chi connectivity index (χ2v) is 6.65. The lowest BCUT2D eigenvalue weighted by Gasteiger charge is -2.17. The van der Waals surface area contributed by atoms with Crippen molar-refractivity contribution in [3.05, 3.63) is 71.8 Å². The minimum atomic E-state index is -0.566. The molecule has 4 heteroatoms. The van der Waals surface area contributed by atoms with Crippen molar-refractivity contribution in [2.24, 2.45) is 0 Å². The van der Waals surface area contributed by atoms with Crippen molar-refractivity contribution in [1.29, 1.82) is 0 Å². The Kier molecular flexibility index (Phi) is 5.97. The average molecular weight is 363 g/mol. The van der Waals surface area contributed by atoms with E-state index in [4.69, 9.17) is 9.47 Å². The molecule has 0 saturated heterocycles. The lowest BCUT2D eigenvalue weighted by Crippen LogP contribution is -2.38. The third-order valence-electron chi connectivity index (χ3n) is 4.41. The van der Waals surface area contributed by atoms with E-state index < -0.39 is 6.10 Å². The second-order valence-electron chi connectivity index (χ2n) is 6.65. The first-order valence-electron chi connectivity index (χ1n) is 9.17. The fourth-order valence-corrected chi connectivity index (χ4v) is 2.98. The third kappa shape index (κ3) is 4.79. The van der Waals surface area contributed by atoms with E-state index in [2.05, 4.69) is 17.4 Å². The molecule has 3 aromatic carbocycles. The molecule has 0 radical (unpaired) electrons. The lowest BCUT2D eigenvalue weighted by molar-refractivity contribution is -0.127. The summed E-state index contributed by atoms with van der Waals surface area (Å²) in [7, 11) is 0. The summed E-state index contributed by atoms with van der Waals surface area (Å²) in [4.78, 5) is 12.3. The molecule has 0 bridgehead atoms. The Morgan fingerprint density at radius 1 is 1.00 bits per heavy atom. The number of ether oxygens (including phenoxy) is 2. The Morgan fingerprint density at radius 3 is 2.59 bits per heavy atom. The Bertz CT molecular complexity index is 931. The van der Waals surface area contributed by atoms with Crippen LogP contribution in [0, 0.1) is 13.8 Å². The van der Waals surface area contributed by atoms with Gasteiger partial charge in [-0.2, -0.15) is 0 Å². The van der Waals surface area contributed by atoms with Gasteiger partial charge in [0.25, 0.3) is 5.91 Å². The van der Waals surface area contributed by atoms with Crippen LogP contribution >= 0.6 is 0 Å². The second kappa shape index (κ2) is 8.58. The molecule has 27 heavy (non-hydrogen) atoms. The van der Waals surface area contributed by atoms with Crippen molar-refractivity contribution in [2.45, 2.75) is 26.9 Å². The quantitative estimate of drug-likeness (QED) is 0.632. The van der Waals surface area contributed by atoms with E-state index >= 15 is 0 Å². The van der Waals surface area contributed by atoms with Gasteiger partial charge in [-0.1, -0.05) is 54.1 Å². The van der Waals surface area contributed by atoms with Crippen LogP contribution in [0.2, 0.25) is 0 Å². The van der Waals surface area contributed by atoms with Gasteiger partial charge in [-0.3, -0.25) is 4.79 Å². The Balaban J connectivity index is 1.49. The molecule has 0 aliphatic carbocycles. The molecule has 0 heterocycles. The van der Waals surface area contributed by atoms with Crippen LogP contribution in [0.3, 0.4) is 0 Å². The van der Waals surface area contributed by atoms with Crippen LogP contribution < -0.4 is 14.8 Å². The summed E-state index contributed by atoms with van der Waals surface area (Å²) in [6, 6.07) is 20.0. The number of benzene rings is 3. The highest BCUT2D eigenvalue weighted by Gasteiger charge is 2.15. The zero-order valence-electron chi connectivity index (χ0n) is 16.0. The van der Waals surface area contributed by atoms with Crippen LogP contribution in [-0.2, 0) is 4.79 Å². The van der Waals surface area contributed by atoms with Crippen LogP contribution in [0.5, 0.6) is 11.5 Å². The van der Waals surface area contributed by atoms with Crippen LogP contribution in [0.25, 0.3) is 10.8 Å². The summed E-state index contributed by atoms with van der Waals surface area (Å²) in [5.74, 6) is 1.40. The highest BCUT2D eigenvalue weighted by atomic mass is 16.5. The molecule has 1 N–H and O–H groups in total. The number of hydrogen-bond donors (Lipinski definition) is 1. The molecule has 140 valence electrons. The average Bonchev–Trinajstić information content (AvgIpc) is 2.67. The molecule has 0 saturated carbocycles. The summed E-state index contributed by atoms with van der Waals surface area (Å²) in [6.45, 7) is 6.58. The number of nitrogens with one attached hydrogen (secondary N) is 1. The maximum absolute atomic E-state index is 12.3. The number of rotatable bonds is 7. The van der Waals surface area contributed by atoms with E-state index in [1.165, 1.54) is 5.56 Å². The molecule has 3 rings (SSSR count). The van der Waals surface area contributed by atoms with Crippen LogP contribution in [0.1, 0.15) is 18.1 Å². The van der Waals surface area contributed by atoms with Crippen molar-refractivity contribution >= 4 is 16.7 Å². The number of aryl methyl sites for hydroxylation is 2. The van der Waals surface area contributed by atoms with Crippen LogP contribution in [0.15, 0.2) is 60.7 Å². The van der Waals surface area contributed by atoms with Crippen LogP contribution in [0.4, 0.5) is 0 Å². The van der Waals surface area contributed by atoms with Gasteiger partial charge < -0.3 is 14.8 Å². The summed E-state index contributed by atoms with van der Waals surface area (Å²) in [5, 5.41) is 5.06. The Labute approximate surface area is 160 Å². The molecule has 1 atom stereocenters. The summed E-state index contributed by atoms with van der Waals surface area (Å²) < 4.78 is 11.6. The van der Waals surface area contributed by atoms with Gasteiger partial charge in [-0.15, -0.1) is 0 Å². The molecular formula is C23H25NO3. The largest absolute Gasteiger partial charge is 0.491 e. The SMILES string of the molecule is Cc1ccc(O[C@H](C)C(=O)NCCOc2cccc3ccccc23)c(C)c1. The van der Waals surface area contributed by atoms with Gasteiger partial charge in [0, 0.05) is 5.39 Å². The zero-order valence-corrected chi connectivity index (χ0v) is 16.0. The Hall–Kier alpha value is -3.01. The van der Waals surface area contributed by atoms with Crippen molar-refractivity contribution in [3.63, 3.8) is 0 Å². The van der Waals surface area contributed by atoms with Crippen molar-refractivity contribution in [1.82, 2.24) is 5.32 Å². The highest BCUT2D eigenvalue weighted by Crippen LogP contribution is 2.25. The number of hydrogen-bond acceptors (Lipinski definition) is 3. The molecule has 0 spiro atoms. The highest BCUT2D eigenvalue weighted by molar-refractivity contribution is 5.88. The van der Waals surface area contributed by atoms with Gasteiger partial charge in [0.1, 0.15) is 18.1 Å². The number of fused-ring (bicyclic) bond motifs is 1. The number of amides is 1. The zero-order chi connectivity index (χ0) is 19.2. The molecule has 1 amide bonds. The van der Waals surface area contributed by atoms with E-state index in [0.29, 0.717) is 13.2 Å². The molecule has 0 fully saturated rings. The van der Waals surface area contributed by atoms with Gasteiger partial charge in [0.15, 0.2) is 6.10 Å². The van der Waals surface area contributed by atoms with Crippen molar-refractivity contribution in [3.8, 4) is 11.5 Å². The predicted octanol–water partition coefficient (Wildman–Crippen LogP) is 4.42. The van der Waals surface area contributed by atoms with Crippen LogP contribution in [-0.4, -0.2) is 25.2 Å². The van der Waals surface area contributed by atoms with Crippen molar-refractivity contribution < 1.29 is 14.3 Å². The van der Waals surface area contributed by atoms with Gasteiger partial charge in [0.2, 0.25) is 0 Å². The Morgan fingerprint density at radius 2 is 1.78 bits per heavy atom. The molecule has 0 unspecified atom stereocenters. The number of carbonyl (C=O) groups is 1. The fraction of sp³-hybridized carbons (Fsp3) is 0.261. The minimum Gasteiger partial charge on any atom is -0.491 e. The minimum absolute atomic E-state index is 0.156. The molecular weight excluding hydrogens is 338 g/mol. The summed E-state index contributed by atoms with van der Waals surface area (Å²) in [5.41, 5.74) is 2.19. The van der Waals surface area contributed by atoms with Gasteiger partial charge in [-0.05, 0) is 43.9 Å². The maximum Gasteiger partial charge on any atom is 0.260 e. The predicted molar refractivity (Wildman–Crippen MR) is 108 cm³/mol. The fourth-order valence-electron chi connectivity index (χ4n) is 2.98. The monoisotopic (exact) mass is 363 g/mol. The molecule has 3 aromatic rings. The van der Waals surface area contributed by atoms with Crippen molar-refractivity contribution in [2.75, 3.05) is 13.2 Å². The van der Waals surface area contributed by atoms with E-state index in [9.17, 15) is 4.79 Å². The van der Waals surface area contributed by atoms with E-state index in [-0.39, 0.29) is 5.91 Å². The molecule has 4 nitrogen and oxygen atoms in total. The van der Waals surface area contributed by atoms with Gasteiger partial charge in [0.05, 0.1) is 6.54 Å². The summed E-state index contributed by atoms with van der Waals surface area (Å²) >= 11 is 0. The maximum atomic E-state index is 12.3. The smallest absolute Gasteiger partial charge is 0.260 e. The van der Waals surface area contributed by atoms with Gasteiger partial charge >= 0.3 is 0 Å². The summed E-state index contributed by atoms with van der Waals surface area (Å²) in [6.07, 6.45) is -0.566. The molecule has 0 aliphatic rings. The topological polar surface area (TPSA) is 47.6 Å². The molecule has 0 aromatic heterocycles. The molecule has 0 aliphatic heterocycles. The lowest BCUT2D eigenvalue weighted by atomic mass is 10.1. The van der Waals surface area contributed by atoms with E-state index in [1.807, 2.05) is 62.4 Å². The number of carbonyl (C=O) groups excluding carboxylic acids is 1. The first-order chi connectivity index (χ1) is 13.0. The first kappa shape index (κ1) is 18.8. The van der Waals surface area contributed by atoms with E-state index in [1.54, 1.807) is 6.92 Å². The van der Waals surface area contributed by atoms with Gasteiger partial charge in [-0.25, -0.2) is 0 Å². The van der Waals surface area contributed by atoms with E-state index in [0.717, 1.165) is 27.8 Å². The standard InChI is InChI=1S/C23H25NO3/c1-16-11-12-21(17(2)15-16)27-18(3)23(25)24-13-14-26-22-10-6-8-19-7-4-5-9-20(19)22/h4-12,15,18H,13-14H2,1-3H3,(H,24,25)/t18-/m1/s1. The third-order valence-corrected chi connectivity index (χ3v) is 4.41. The first-order valence-corrected chi connectivity index (χ1v) is 9.17.